The van der Waals surface area contributed by atoms with Crippen LogP contribution in [-0.4, -0.2) is 64.0 Å². The SMILES string of the molecule is C.Cc1cc(N)nc(C)c1CN.Cc1cnc2[nH]c(Cc3cc(C(=O)NCc4c(C)cc(N)nc4C)ccn3)cc2c1.Cc1cnc2[nH]c(Cc3cc(C(=O)O)ccn3)cc2c1.Cl.[2H]CF. The Kier molecular flexibility index (Phi) is 18.6. The summed E-state index contributed by atoms with van der Waals surface area (Å²) in [5.41, 5.74) is 31.0. The molecular formula is C48H58ClFN12O3. The first kappa shape index (κ1) is 50.3. The van der Waals surface area contributed by atoms with Crippen molar-refractivity contribution in [2.24, 2.45) is 5.73 Å². The van der Waals surface area contributed by atoms with E-state index in [1.807, 2.05) is 78.2 Å². The molecular weight excluding hydrogens is 847 g/mol. The fourth-order valence-electron chi connectivity index (χ4n) is 6.99. The number of pyridine rings is 6. The lowest BCUT2D eigenvalue weighted by Gasteiger charge is -2.12. The molecule has 8 aromatic rings. The van der Waals surface area contributed by atoms with Gasteiger partial charge in [0.1, 0.15) is 22.9 Å². The second-order valence-corrected chi connectivity index (χ2v) is 15.0. The maximum absolute atomic E-state index is 12.7. The molecule has 0 aliphatic carbocycles. The van der Waals surface area contributed by atoms with Gasteiger partial charge in [-0.1, -0.05) is 7.43 Å². The molecule has 15 nitrogen and oxygen atoms in total. The first-order valence-electron chi connectivity index (χ1n) is 20.6. The number of fused-ring (bicyclic) bond motifs is 2. The molecule has 0 fully saturated rings. The summed E-state index contributed by atoms with van der Waals surface area (Å²) in [6, 6.07) is 18.5. The van der Waals surface area contributed by atoms with Crippen LogP contribution in [-0.2, 0) is 25.9 Å². The number of hydrogen-bond donors (Lipinski definition) is 7. The number of carboxylic acids is 1. The number of H-pyrrole nitrogens is 2. The second-order valence-electron chi connectivity index (χ2n) is 15.0. The molecule has 0 atom stereocenters. The minimum Gasteiger partial charge on any atom is -0.478 e. The van der Waals surface area contributed by atoms with E-state index in [1.54, 1.807) is 18.3 Å². The lowest BCUT2D eigenvalue weighted by Crippen LogP contribution is -2.24. The van der Waals surface area contributed by atoms with E-state index in [9.17, 15) is 14.0 Å². The van der Waals surface area contributed by atoms with Gasteiger partial charge in [0.05, 0.1) is 14.1 Å². The number of aromatic amines is 2. The molecule has 0 spiro atoms. The molecule has 17 heteroatoms. The molecule has 10 N–H and O–H groups in total. The van der Waals surface area contributed by atoms with Crippen molar-refractivity contribution in [2.45, 2.75) is 74.9 Å². The molecule has 342 valence electrons. The van der Waals surface area contributed by atoms with Crippen molar-refractivity contribution in [3.05, 3.63) is 164 Å². The summed E-state index contributed by atoms with van der Waals surface area (Å²) in [5, 5.41) is 14.1. The van der Waals surface area contributed by atoms with E-state index in [1.165, 1.54) is 12.3 Å². The summed E-state index contributed by atoms with van der Waals surface area (Å²) in [5.74, 6) is -0.0378. The third-order valence-corrected chi connectivity index (χ3v) is 9.99. The Labute approximate surface area is 385 Å². The number of hydrogen-bond acceptors (Lipinski definition) is 11. The van der Waals surface area contributed by atoms with Gasteiger partial charge in [-0.15, -0.1) is 12.4 Å². The fraction of sp³-hybridized carbons (Fsp3) is 0.250. The number of alkyl halides is 1. The standard InChI is InChI=1S/C23H24N6O.C15H13N3O2.C8H13N3.CH3F.CH4.ClH/c1-13-6-17-9-19(29-22(17)26-11-13)10-18-8-16(4-5-25-18)23(30)27-12-20-14(2)7-21(24)28-15(20)3;1-9-4-11-6-13(18-14(11)17-8-9)7-12-5-10(15(19)20)2-3-16-12;1-5-3-8(10)11-6(2)7(5)4-9;1-2;;/h4-9,11H,10,12H2,1-3H3,(H2,24,28)(H,26,29)(H,27,30);2-6,8H,7H2,1H3,(H,17,18)(H,19,20);3H,4,9H2,1-2H3,(H2,10,11);1H3;1H4;1H/i;;;1D;;. The van der Waals surface area contributed by atoms with Crippen molar-refractivity contribution in [2.75, 3.05) is 18.6 Å². The molecule has 65 heavy (non-hydrogen) atoms. The number of carbonyl (C=O) groups excluding carboxylic acids is 1. The van der Waals surface area contributed by atoms with Gasteiger partial charge in [0.25, 0.3) is 5.91 Å². The summed E-state index contributed by atoms with van der Waals surface area (Å²) >= 11 is 0. The van der Waals surface area contributed by atoms with Gasteiger partial charge in [-0.3, -0.25) is 19.2 Å². The maximum atomic E-state index is 12.7. The van der Waals surface area contributed by atoms with E-state index in [2.05, 4.69) is 63.4 Å². The number of rotatable bonds is 9. The minimum absolute atomic E-state index is 0. The Balaban J connectivity index is 0.000000277. The molecule has 8 rings (SSSR count). The Morgan fingerprint density at radius 3 is 1.60 bits per heavy atom. The van der Waals surface area contributed by atoms with Crippen molar-refractivity contribution >= 4 is 58.0 Å². The van der Waals surface area contributed by atoms with Gasteiger partial charge >= 0.3 is 5.97 Å². The highest BCUT2D eigenvalue weighted by Crippen LogP contribution is 2.20. The first-order chi connectivity index (χ1) is 30.6. The molecule has 0 unspecified atom stereocenters. The zero-order valence-corrected chi connectivity index (χ0v) is 37.4. The highest BCUT2D eigenvalue weighted by Gasteiger charge is 2.12. The maximum Gasteiger partial charge on any atom is 0.335 e. The van der Waals surface area contributed by atoms with E-state index >= 15 is 0 Å². The Bertz CT molecular complexity index is 2860. The van der Waals surface area contributed by atoms with Crippen LogP contribution < -0.4 is 22.5 Å². The monoisotopic (exact) mass is 905 g/mol. The molecule has 0 radical (unpaired) electrons. The van der Waals surface area contributed by atoms with Crippen LogP contribution in [0.4, 0.5) is 16.0 Å². The van der Waals surface area contributed by atoms with Crippen LogP contribution in [0.5, 0.6) is 0 Å². The normalized spacial score (nSPS) is 10.4. The summed E-state index contributed by atoms with van der Waals surface area (Å²) in [4.78, 5) is 55.9. The van der Waals surface area contributed by atoms with Crippen LogP contribution >= 0.6 is 12.4 Å². The van der Waals surface area contributed by atoms with Crippen molar-refractivity contribution in [1.29, 1.82) is 0 Å². The number of nitrogens with zero attached hydrogens (tertiary/aromatic N) is 6. The van der Waals surface area contributed by atoms with Crippen molar-refractivity contribution in [3.8, 4) is 0 Å². The van der Waals surface area contributed by atoms with Crippen LogP contribution in [0.2, 0.25) is 0 Å². The summed E-state index contributed by atoms with van der Waals surface area (Å²) in [6.45, 7) is 12.7. The van der Waals surface area contributed by atoms with Crippen molar-refractivity contribution < 1.29 is 20.5 Å². The summed E-state index contributed by atoms with van der Waals surface area (Å²) < 4.78 is 15.5. The average molecular weight is 907 g/mol. The van der Waals surface area contributed by atoms with Gasteiger partial charge < -0.3 is 37.6 Å². The number of aromatic carboxylic acids is 1. The summed E-state index contributed by atoms with van der Waals surface area (Å²) in [6.07, 6.45) is 7.98. The van der Waals surface area contributed by atoms with Crippen LogP contribution in [0.1, 0.15) is 97.1 Å². The van der Waals surface area contributed by atoms with Gasteiger partial charge in [0.2, 0.25) is 0 Å². The highest BCUT2D eigenvalue weighted by molar-refractivity contribution is 5.94. The van der Waals surface area contributed by atoms with E-state index in [4.69, 9.17) is 23.7 Å². The minimum atomic E-state index is -1.00. The van der Waals surface area contributed by atoms with Crippen molar-refractivity contribution in [3.63, 3.8) is 0 Å². The number of nitrogen functional groups attached to an aromatic ring is 2. The third kappa shape index (κ3) is 14.1. The van der Waals surface area contributed by atoms with Crippen LogP contribution in [0.25, 0.3) is 22.1 Å². The zero-order valence-electron chi connectivity index (χ0n) is 37.6. The van der Waals surface area contributed by atoms with Crippen LogP contribution in [0.3, 0.4) is 0 Å². The third-order valence-electron chi connectivity index (χ3n) is 9.99. The molecule has 0 bridgehead atoms. The van der Waals surface area contributed by atoms with E-state index in [-0.39, 0.29) is 31.3 Å². The van der Waals surface area contributed by atoms with Gasteiger partial charge in [0.15, 0.2) is 0 Å². The van der Waals surface area contributed by atoms with Gasteiger partial charge in [-0.05, 0) is 136 Å². The number of anilines is 2. The van der Waals surface area contributed by atoms with Crippen LogP contribution in [0, 0.1) is 41.5 Å². The smallest absolute Gasteiger partial charge is 0.335 e. The number of amides is 1. The number of carbonyl (C=O) groups is 2. The first-order valence-corrected chi connectivity index (χ1v) is 19.9. The Morgan fingerprint density at radius 1 is 0.708 bits per heavy atom. The molecule has 0 aromatic carbocycles. The largest absolute Gasteiger partial charge is 0.478 e. The summed E-state index contributed by atoms with van der Waals surface area (Å²) in [7, 11) is -1.00. The molecule has 8 heterocycles. The van der Waals surface area contributed by atoms with E-state index in [0.717, 1.165) is 83.9 Å². The average Bonchev–Trinajstić information content (AvgIpc) is 3.83. The number of nitrogens with two attached hydrogens (primary N) is 3. The predicted octanol–water partition coefficient (Wildman–Crippen LogP) is 8.32. The molecule has 0 aliphatic heterocycles. The number of carboxylic acid groups (broad SMARTS) is 1. The number of nitrogens with one attached hydrogen (secondary N) is 3. The molecule has 1 amide bonds. The molecule has 0 aliphatic rings. The number of halogens is 2. The quantitative estimate of drug-likeness (QED) is 0.0722. The molecule has 8 aromatic heterocycles. The highest BCUT2D eigenvalue weighted by atomic mass is 35.5. The van der Waals surface area contributed by atoms with Crippen molar-refractivity contribution in [1.82, 2.24) is 45.2 Å². The lowest BCUT2D eigenvalue weighted by atomic mass is 10.1. The predicted molar refractivity (Wildman–Crippen MR) is 259 cm³/mol. The van der Waals surface area contributed by atoms with Crippen LogP contribution in [0.15, 0.2) is 85.5 Å². The lowest BCUT2D eigenvalue weighted by molar-refractivity contribution is 0.0696. The topological polar surface area (TPSA) is 253 Å². The number of aromatic nitrogens is 8. The molecule has 0 saturated carbocycles. The second kappa shape index (κ2) is 24.0. The van der Waals surface area contributed by atoms with Gasteiger partial charge in [-0.25, -0.2) is 24.7 Å². The molecule has 0 saturated heterocycles. The Morgan fingerprint density at radius 2 is 1.15 bits per heavy atom. The Hall–Kier alpha value is -7.30. The fourth-order valence-corrected chi connectivity index (χ4v) is 6.99. The van der Waals surface area contributed by atoms with E-state index < -0.39 is 13.1 Å². The van der Waals surface area contributed by atoms with Gasteiger partial charge in [-0.2, -0.15) is 0 Å². The zero-order chi connectivity index (χ0) is 46.5. The van der Waals surface area contributed by atoms with Gasteiger partial charge in [0, 0.05) is 101 Å². The number of aryl methyl sites for hydroxylation is 6. The van der Waals surface area contributed by atoms with E-state index in [0.29, 0.717) is 48.8 Å².